The molecule has 1 aromatic heterocycles. The number of fused-ring (bicyclic) bond motifs is 2. The summed E-state index contributed by atoms with van der Waals surface area (Å²) in [7, 11) is 0. The van der Waals surface area contributed by atoms with Gasteiger partial charge in [0.2, 0.25) is 5.91 Å². The molecule has 2 aromatic rings. The lowest BCUT2D eigenvalue weighted by Crippen LogP contribution is -2.52. The number of nitrogens with zero attached hydrogens (tertiary/aromatic N) is 2. The van der Waals surface area contributed by atoms with Gasteiger partial charge in [-0.25, -0.2) is 4.39 Å². The molecule has 6 heteroatoms. The third-order valence-corrected chi connectivity index (χ3v) is 5.60. The number of carbonyl (C=O) groups is 2. The number of hydrogen-bond acceptors (Lipinski definition) is 3. The predicted octanol–water partition coefficient (Wildman–Crippen LogP) is 2.72. The Hall–Kier alpha value is -2.76. The minimum absolute atomic E-state index is 0.0217. The number of rotatable bonds is 4. The van der Waals surface area contributed by atoms with Crippen molar-refractivity contribution in [3.8, 4) is 0 Å². The van der Waals surface area contributed by atoms with E-state index in [1.54, 1.807) is 42.7 Å². The van der Waals surface area contributed by atoms with Crippen LogP contribution in [0.4, 0.5) is 4.39 Å². The first kappa shape index (κ1) is 17.6. The number of halogens is 1. The summed E-state index contributed by atoms with van der Waals surface area (Å²) >= 11 is 0. The van der Waals surface area contributed by atoms with Crippen LogP contribution in [0.25, 0.3) is 0 Å². The van der Waals surface area contributed by atoms with Gasteiger partial charge in [-0.05, 0) is 49.4 Å². The molecule has 140 valence electrons. The van der Waals surface area contributed by atoms with E-state index in [1.807, 2.05) is 4.90 Å². The van der Waals surface area contributed by atoms with Crippen molar-refractivity contribution < 1.29 is 14.0 Å². The number of piperidine rings is 1. The monoisotopic (exact) mass is 367 g/mol. The molecule has 0 radical (unpaired) electrons. The molecule has 2 aliphatic rings. The van der Waals surface area contributed by atoms with Gasteiger partial charge in [-0.15, -0.1) is 0 Å². The molecule has 2 aliphatic heterocycles. The molecule has 1 N–H and O–H groups in total. The van der Waals surface area contributed by atoms with Crippen molar-refractivity contribution in [3.05, 3.63) is 65.7 Å². The van der Waals surface area contributed by atoms with Crippen molar-refractivity contribution in [1.82, 2.24) is 15.2 Å². The molecule has 27 heavy (non-hydrogen) atoms. The quantitative estimate of drug-likeness (QED) is 0.904. The van der Waals surface area contributed by atoms with E-state index in [0.717, 1.165) is 25.7 Å². The van der Waals surface area contributed by atoms with Gasteiger partial charge in [0.15, 0.2) is 0 Å². The van der Waals surface area contributed by atoms with Crippen molar-refractivity contribution in [3.63, 3.8) is 0 Å². The zero-order chi connectivity index (χ0) is 18.8. The summed E-state index contributed by atoms with van der Waals surface area (Å²) < 4.78 is 13.9. The Bertz CT molecular complexity index is 828. The predicted molar refractivity (Wildman–Crippen MR) is 98.5 cm³/mol. The Balaban J connectivity index is 1.39. The maximum absolute atomic E-state index is 13.9. The summed E-state index contributed by atoms with van der Waals surface area (Å²) in [6.45, 7) is 0. The molecule has 2 unspecified atom stereocenters. The Morgan fingerprint density at radius 3 is 2.41 bits per heavy atom. The number of hydrogen-bond donors (Lipinski definition) is 1. The van der Waals surface area contributed by atoms with E-state index in [0.29, 0.717) is 11.1 Å². The van der Waals surface area contributed by atoms with Gasteiger partial charge in [-0.1, -0.05) is 18.2 Å². The normalized spacial score (nSPS) is 23.9. The van der Waals surface area contributed by atoms with Crippen LogP contribution in [0.15, 0.2) is 48.8 Å². The van der Waals surface area contributed by atoms with E-state index in [4.69, 9.17) is 0 Å². The highest BCUT2D eigenvalue weighted by atomic mass is 19.1. The highest BCUT2D eigenvalue weighted by Gasteiger charge is 2.43. The molecule has 2 amide bonds. The topological polar surface area (TPSA) is 62.3 Å². The van der Waals surface area contributed by atoms with Crippen LogP contribution in [0.2, 0.25) is 0 Å². The number of nitrogens with one attached hydrogen (secondary N) is 1. The molecule has 0 aliphatic carbocycles. The van der Waals surface area contributed by atoms with Crippen LogP contribution in [0.3, 0.4) is 0 Å². The summed E-state index contributed by atoms with van der Waals surface area (Å²) in [4.78, 5) is 31.0. The molecule has 3 heterocycles. The molecule has 4 rings (SSSR count). The third kappa shape index (κ3) is 3.70. The summed E-state index contributed by atoms with van der Waals surface area (Å²) in [6.07, 6.45) is 6.66. The van der Waals surface area contributed by atoms with Crippen LogP contribution < -0.4 is 5.32 Å². The maximum Gasteiger partial charge on any atom is 0.251 e. The second-order valence-corrected chi connectivity index (χ2v) is 7.33. The van der Waals surface area contributed by atoms with Gasteiger partial charge in [-0.3, -0.25) is 14.6 Å². The molecule has 0 spiro atoms. The molecular formula is C21H22FN3O2. The summed E-state index contributed by atoms with van der Waals surface area (Å²) in [5, 5.41) is 3.09. The second kappa shape index (κ2) is 7.47. The van der Waals surface area contributed by atoms with E-state index in [1.165, 1.54) is 6.07 Å². The summed E-state index contributed by atoms with van der Waals surface area (Å²) in [6, 6.07) is 10.1. The van der Waals surface area contributed by atoms with E-state index in [-0.39, 0.29) is 42.2 Å². The smallest absolute Gasteiger partial charge is 0.251 e. The fourth-order valence-corrected chi connectivity index (χ4v) is 4.37. The molecule has 0 saturated carbocycles. The summed E-state index contributed by atoms with van der Waals surface area (Å²) in [5.41, 5.74) is 1.03. The first-order valence-electron chi connectivity index (χ1n) is 9.37. The minimum Gasteiger partial charge on any atom is -0.349 e. The number of aromatic nitrogens is 1. The molecule has 5 nitrogen and oxygen atoms in total. The van der Waals surface area contributed by atoms with Crippen LogP contribution in [-0.2, 0) is 11.2 Å². The van der Waals surface area contributed by atoms with Gasteiger partial charge in [0.1, 0.15) is 5.82 Å². The van der Waals surface area contributed by atoms with Gasteiger partial charge < -0.3 is 10.2 Å². The maximum atomic E-state index is 13.9. The molecule has 2 atom stereocenters. The molecule has 2 fully saturated rings. The molecule has 2 bridgehead atoms. The van der Waals surface area contributed by atoms with Crippen molar-refractivity contribution >= 4 is 11.8 Å². The lowest BCUT2D eigenvalue weighted by atomic mass is 9.96. The zero-order valence-corrected chi connectivity index (χ0v) is 15.0. The highest BCUT2D eigenvalue weighted by Crippen LogP contribution is 2.36. The van der Waals surface area contributed by atoms with Crippen LogP contribution >= 0.6 is 0 Å². The van der Waals surface area contributed by atoms with Crippen LogP contribution in [-0.4, -0.2) is 39.8 Å². The Kier molecular flexibility index (Phi) is 4.88. The Morgan fingerprint density at radius 2 is 1.74 bits per heavy atom. The number of amides is 2. The molecular weight excluding hydrogens is 345 g/mol. The zero-order valence-electron chi connectivity index (χ0n) is 15.0. The van der Waals surface area contributed by atoms with E-state index >= 15 is 0 Å². The summed E-state index contributed by atoms with van der Waals surface area (Å²) in [5.74, 6) is -0.461. The standard InChI is InChI=1S/C21H22FN3O2/c22-19-4-2-1-3-15(19)11-20(26)25-17-5-6-18(25)13-16(12-17)24-21(27)14-7-9-23-10-8-14/h1-4,7-10,16-18H,5-6,11-13H2,(H,24,27). The third-order valence-electron chi connectivity index (χ3n) is 5.60. The molecule has 1 aromatic carbocycles. The highest BCUT2D eigenvalue weighted by molar-refractivity contribution is 5.94. The average Bonchev–Trinajstić information content (AvgIpc) is 2.95. The van der Waals surface area contributed by atoms with Crippen LogP contribution in [0, 0.1) is 5.82 Å². The Labute approximate surface area is 157 Å². The SMILES string of the molecule is O=C(NC1CC2CCC(C1)N2C(=O)Cc1ccccc1F)c1ccncc1. The van der Waals surface area contributed by atoms with E-state index in [2.05, 4.69) is 10.3 Å². The van der Waals surface area contributed by atoms with Crippen molar-refractivity contribution in [2.24, 2.45) is 0 Å². The lowest BCUT2D eigenvalue weighted by molar-refractivity contribution is -0.135. The van der Waals surface area contributed by atoms with Gasteiger partial charge in [0, 0.05) is 36.1 Å². The van der Waals surface area contributed by atoms with E-state index < -0.39 is 0 Å². The molecule has 2 saturated heterocycles. The van der Waals surface area contributed by atoms with E-state index in [9.17, 15) is 14.0 Å². The van der Waals surface area contributed by atoms with Crippen molar-refractivity contribution in [2.45, 2.75) is 50.2 Å². The van der Waals surface area contributed by atoms with Crippen LogP contribution in [0.5, 0.6) is 0 Å². The fraction of sp³-hybridized carbons (Fsp3) is 0.381. The Morgan fingerprint density at radius 1 is 1.07 bits per heavy atom. The van der Waals surface area contributed by atoms with Gasteiger partial charge in [-0.2, -0.15) is 0 Å². The van der Waals surface area contributed by atoms with Gasteiger partial charge in [0.25, 0.3) is 5.91 Å². The lowest BCUT2D eigenvalue weighted by Gasteiger charge is -2.39. The first-order chi connectivity index (χ1) is 13.1. The van der Waals surface area contributed by atoms with Crippen molar-refractivity contribution in [2.75, 3.05) is 0 Å². The fourth-order valence-electron chi connectivity index (χ4n) is 4.37. The largest absolute Gasteiger partial charge is 0.349 e. The van der Waals surface area contributed by atoms with Gasteiger partial charge in [0.05, 0.1) is 6.42 Å². The number of benzene rings is 1. The number of carbonyl (C=O) groups excluding carboxylic acids is 2. The number of pyridine rings is 1. The van der Waals surface area contributed by atoms with Crippen LogP contribution in [0.1, 0.15) is 41.6 Å². The first-order valence-corrected chi connectivity index (χ1v) is 9.37. The minimum atomic E-state index is -0.335. The van der Waals surface area contributed by atoms with Crippen molar-refractivity contribution in [1.29, 1.82) is 0 Å². The second-order valence-electron chi connectivity index (χ2n) is 7.33. The van der Waals surface area contributed by atoms with Gasteiger partial charge >= 0.3 is 0 Å². The average molecular weight is 367 g/mol.